The van der Waals surface area contributed by atoms with E-state index in [1.807, 2.05) is 24.3 Å². The largest absolute Gasteiger partial charge is 0.497 e. The summed E-state index contributed by atoms with van der Waals surface area (Å²) in [5, 5.41) is 3.63. The lowest BCUT2D eigenvalue weighted by Crippen LogP contribution is -1.84. The van der Waals surface area contributed by atoms with Crippen LogP contribution in [0.15, 0.2) is 29.4 Å². The van der Waals surface area contributed by atoms with Crippen molar-refractivity contribution in [3.05, 3.63) is 29.8 Å². The van der Waals surface area contributed by atoms with Crippen LogP contribution < -0.4 is 4.74 Å². The first-order valence-corrected chi connectivity index (χ1v) is 3.57. The second kappa shape index (κ2) is 4.38. The minimum atomic E-state index is 0.838. The van der Waals surface area contributed by atoms with Gasteiger partial charge >= 0.3 is 0 Å². The van der Waals surface area contributed by atoms with Crippen molar-refractivity contribution >= 4 is 6.21 Å². The Hall–Kier alpha value is -1.51. The van der Waals surface area contributed by atoms with Crippen LogP contribution >= 0.6 is 0 Å². The molecule has 0 atom stereocenters. The van der Waals surface area contributed by atoms with E-state index in [4.69, 9.17) is 4.74 Å². The molecule has 0 aliphatic carbocycles. The molecule has 1 aromatic rings. The van der Waals surface area contributed by atoms with Crippen LogP contribution in [0.25, 0.3) is 0 Å². The Balaban J connectivity index is 2.71. The molecule has 0 N–H and O–H groups in total. The van der Waals surface area contributed by atoms with E-state index in [9.17, 15) is 0 Å². The van der Waals surface area contributed by atoms with Crippen LogP contribution in [-0.4, -0.2) is 20.4 Å². The number of ether oxygens (including phenoxy) is 1. The van der Waals surface area contributed by atoms with Crippen LogP contribution in [0.1, 0.15) is 5.56 Å². The van der Waals surface area contributed by atoms with E-state index >= 15 is 0 Å². The summed E-state index contributed by atoms with van der Waals surface area (Å²) in [5.74, 6) is 0.838. The second-order valence-electron chi connectivity index (χ2n) is 2.19. The maximum Gasteiger partial charge on any atom is 0.118 e. The number of benzene rings is 1. The first-order chi connectivity index (χ1) is 5.86. The maximum atomic E-state index is 5.00. The Morgan fingerprint density at radius 1 is 1.17 bits per heavy atom. The van der Waals surface area contributed by atoms with Crippen LogP contribution in [-0.2, 0) is 4.84 Å². The highest BCUT2D eigenvalue weighted by Gasteiger charge is 1.89. The van der Waals surface area contributed by atoms with Gasteiger partial charge in [0.2, 0.25) is 0 Å². The van der Waals surface area contributed by atoms with E-state index < -0.39 is 0 Å². The third-order valence-electron chi connectivity index (χ3n) is 1.42. The van der Waals surface area contributed by atoms with E-state index in [1.165, 1.54) is 7.11 Å². The Morgan fingerprint density at radius 3 is 2.33 bits per heavy atom. The number of hydrogen-bond donors (Lipinski definition) is 0. The van der Waals surface area contributed by atoms with Gasteiger partial charge in [0.1, 0.15) is 12.9 Å². The molecular formula is C9H11NO2. The summed E-state index contributed by atoms with van der Waals surface area (Å²) in [6.45, 7) is 0. The highest BCUT2D eigenvalue weighted by Crippen LogP contribution is 2.09. The molecular weight excluding hydrogens is 154 g/mol. The molecule has 0 amide bonds. The lowest BCUT2D eigenvalue weighted by molar-refractivity contribution is 0.215. The van der Waals surface area contributed by atoms with Gasteiger partial charge in [-0.05, 0) is 29.8 Å². The number of hydrogen-bond acceptors (Lipinski definition) is 3. The van der Waals surface area contributed by atoms with Crippen LogP contribution in [0.3, 0.4) is 0 Å². The predicted molar refractivity (Wildman–Crippen MR) is 47.6 cm³/mol. The number of nitrogens with zero attached hydrogens (tertiary/aromatic N) is 1. The topological polar surface area (TPSA) is 30.8 Å². The van der Waals surface area contributed by atoms with Gasteiger partial charge in [-0.25, -0.2) is 0 Å². The summed E-state index contributed by atoms with van der Waals surface area (Å²) in [4.78, 5) is 4.54. The lowest BCUT2D eigenvalue weighted by atomic mass is 10.2. The number of oxime groups is 1. The minimum Gasteiger partial charge on any atom is -0.497 e. The molecule has 0 heterocycles. The molecule has 0 unspecified atom stereocenters. The normalized spacial score (nSPS) is 10.2. The minimum absolute atomic E-state index is 0.838. The molecule has 0 saturated heterocycles. The molecule has 1 aromatic carbocycles. The van der Waals surface area contributed by atoms with Gasteiger partial charge < -0.3 is 9.57 Å². The van der Waals surface area contributed by atoms with Gasteiger partial charge in [0.25, 0.3) is 0 Å². The van der Waals surface area contributed by atoms with Crippen molar-refractivity contribution in [2.24, 2.45) is 5.16 Å². The molecule has 12 heavy (non-hydrogen) atoms. The highest BCUT2D eigenvalue weighted by atomic mass is 16.6. The highest BCUT2D eigenvalue weighted by molar-refractivity contribution is 5.79. The number of rotatable bonds is 3. The van der Waals surface area contributed by atoms with Crippen molar-refractivity contribution in [1.29, 1.82) is 0 Å². The molecule has 3 heteroatoms. The van der Waals surface area contributed by atoms with E-state index in [2.05, 4.69) is 9.99 Å². The zero-order chi connectivity index (χ0) is 8.81. The average Bonchev–Trinajstić information content (AvgIpc) is 2.15. The van der Waals surface area contributed by atoms with Gasteiger partial charge in [0.05, 0.1) is 13.3 Å². The van der Waals surface area contributed by atoms with Crippen molar-refractivity contribution in [3.63, 3.8) is 0 Å². The molecule has 1 rings (SSSR count). The summed E-state index contributed by atoms with van der Waals surface area (Å²) in [6.07, 6.45) is 1.64. The first kappa shape index (κ1) is 8.59. The molecule has 3 nitrogen and oxygen atoms in total. The summed E-state index contributed by atoms with van der Waals surface area (Å²) < 4.78 is 5.00. The fourth-order valence-electron chi connectivity index (χ4n) is 0.804. The zero-order valence-corrected chi connectivity index (χ0v) is 7.15. The lowest BCUT2D eigenvalue weighted by Gasteiger charge is -1.97. The fraction of sp³-hybridized carbons (Fsp3) is 0.222. The molecule has 0 fully saturated rings. The smallest absolute Gasteiger partial charge is 0.118 e. The summed E-state index contributed by atoms with van der Waals surface area (Å²) in [6, 6.07) is 7.55. The predicted octanol–water partition coefficient (Wildman–Crippen LogP) is 1.68. The third kappa shape index (κ3) is 2.27. The molecule has 0 aromatic heterocycles. The molecule has 0 bridgehead atoms. The van der Waals surface area contributed by atoms with Crippen LogP contribution in [0.5, 0.6) is 5.75 Å². The molecule has 64 valence electrons. The SMILES string of the molecule is CON=Cc1ccc(OC)cc1. The Morgan fingerprint density at radius 2 is 1.83 bits per heavy atom. The van der Waals surface area contributed by atoms with Crippen molar-refractivity contribution in [1.82, 2.24) is 0 Å². The van der Waals surface area contributed by atoms with Crippen LogP contribution in [0.2, 0.25) is 0 Å². The molecule has 0 radical (unpaired) electrons. The van der Waals surface area contributed by atoms with Crippen molar-refractivity contribution in [2.45, 2.75) is 0 Å². The second-order valence-corrected chi connectivity index (χ2v) is 2.19. The molecule has 0 saturated carbocycles. The standard InChI is InChI=1S/C9H11NO2/c1-11-9-5-3-8(4-6-9)7-10-12-2/h3-7H,1-2H3. The maximum absolute atomic E-state index is 5.00. The molecule has 0 aliphatic rings. The summed E-state index contributed by atoms with van der Waals surface area (Å²) in [5.41, 5.74) is 0.984. The van der Waals surface area contributed by atoms with E-state index in [0.717, 1.165) is 11.3 Å². The Kier molecular flexibility index (Phi) is 3.14. The average molecular weight is 165 g/mol. The summed E-state index contributed by atoms with van der Waals surface area (Å²) in [7, 11) is 3.15. The molecule has 0 spiro atoms. The van der Waals surface area contributed by atoms with Gasteiger partial charge in [0.15, 0.2) is 0 Å². The van der Waals surface area contributed by atoms with Crippen LogP contribution in [0.4, 0.5) is 0 Å². The van der Waals surface area contributed by atoms with Gasteiger partial charge in [-0.15, -0.1) is 0 Å². The van der Waals surface area contributed by atoms with E-state index in [0.29, 0.717) is 0 Å². The number of methoxy groups -OCH3 is 1. The monoisotopic (exact) mass is 165 g/mol. The van der Waals surface area contributed by atoms with Crippen molar-refractivity contribution in [3.8, 4) is 5.75 Å². The van der Waals surface area contributed by atoms with E-state index in [1.54, 1.807) is 13.3 Å². The van der Waals surface area contributed by atoms with Crippen molar-refractivity contribution in [2.75, 3.05) is 14.2 Å². The zero-order valence-electron chi connectivity index (χ0n) is 7.15. The van der Waals surface area contributed by atoms with Crippen molar-refractivity contribution < 1.29 is 9.57 Å². The van der Waals surface area contributed by atoms with Gasteiger partial charge in [-0.2, -0.15) is 0 Å². The van der Waals surface area contributed by atoms with Gasteiger partial charge in [0, 0.05) is 0 Å². The van der Waals surface area contributed by atoms with Gasteiger partial charge in [-0.3, -0.25) is 0 Å². The van der Waals surface area contributed by atoms with E-state index in [-0.39, 0.29) is 0 Å². The fourth-order valence-corrected chi connectivity index (χ4v) is 0.804. The molecule has 0 aliphatic heterocycles. The quantitative estimate of drug-likeness (QED) is 0.504. The summed E-state index contributed by atoms with van der Waals surface area (Å²) >= 11 is 0. The Bertz CT molecular complexity index is 254. The Labute approximate surface area is 71.6 Å². The van der Waals surface area contributed by atoms with Gasteiger partial charge in [-0.1, -0.05) is 5.16 Å². The van der Waals surface area contributed by atoms with Crippen LogP contribution in [0, 0.1) is 0 Å². The first-order valence-electron chi connectivity index (χ1n) is 3.57. The third-order valence-corrected chi connectivity index (χ3v) is 1.42.